The van der Waals surface area contributed by atoms with Crippen LogP contribution in [-0.4, -0.2) is 11.0 Å². The number of anilines is 1. The maximum absolute atomic E-state index is 11.9. The molecule has 0 aliphatic carbocycles. The van der Waals surface area contributed by atoms with E-state index in [1.54, 1.807) is 24.8 Å². The maximum Gasteiger partial charge on any atom is 0.319 e. The Hall–Kier alpha value is -2.82. The highest BCUT2D eigenvalue weighted by Crippen LogP contribution is 2.20. The predicted molar refractivity (Wildman–Crippen MR) is 76.3 cm³/mol. The van der Waals surface area contributed by atoms with Gasteiger partial charge in [0.1, 0.15) is 0 Å². The molecule has 0 aliphatic rings. The minimum Gasteiger partial charge on any atom is -0.472 e. The van der Waals surface area contributed by atoms with Gasteiger partial charge in [0.15, 0.2) is 0 Å². The van der Waals surface area contributed by atoms with Gasteiger partial charge in [-0.2, -0.15) is 0 Å². The van der Waals surface area contributed by atoms with Crippen molar-refractivity contribution in [2.45, 2.75) is 6.54 Å². The molecule has 0 bridgehead atoms. The Kier molecular flexibility index (Phi) is 3.33. The molecular weight excluding hydrogens is 254 g/mol. The number of hydrogen-bond donors (Lipinski definition) is 2. The molecule has 1 aromatic carbocycles. The molecule has 0 fully saturated rings. The Balaban J connectivity index is 1.71. The first kappa shape index (κ1) is 12.2. The largest absolute Gasteiger partial charge is 0.472 e. The van der Waals surface area contributed by atoms with Gasteiger partial charge in [-0.1, -0.05) is 18.2 Å². The van der Waals surface area contributed by atoms with Crippen LogP contribution in [0.1, 0.15) is 5.56 Å². The standard InChI is InChI=1S/C15H13N3O2/c19-15(17-9-11-6-8-20-10-11)18-13-5-1-3-12-4-2-7-16-14(12)13/h1-8,10H,9H2,(H2,17,18,19). The molecular formula is C15H13N3O2. The molecule has 5 heteroatoms. The molecule has 3 aromatic rings. The molecule has 0 saturated carbocycles. The quantitative estimate of drug-likeness (QED) is 0.766. The number of aromatic nitrogens is 1. The zero-order chi connectivity index (χ0) is 13.8. The normalized spacial score (nSPS) is 10.4. The highest BCUT2D eigenvalue weighted by molar-refractivity contribution is 5.99. The number of carbonyl (C=O) groups excluding carboxylic acids is 1. The summed E-state index contributed by atoms with van der Waals surface area (Å²) in [6.07, 6.45) is 4.88. The Morgan fingerprint density at radius 1 is 1.20 bits per heavy atom. The van der Waals surface area contributed by atoms with Crippen LogP contribution in [0, 0.1) is 0 Å². The Morgan fingerprint density at radius 2 is 2.10 bits per heavy atom. The van der Waals surface area contributed by atoms with Gasteiger partial charge in [-0.05, 0) is 18.2 Å². The van der Waals surface area contributed by atoms with Crippen molar-refractivity contribution in [2.24, 2.45) is 0 Å². The van der Waals surface area contributed by atoms with Gasteiger partial charge in [0.05, 0.1) is 23.7 Å². The number of amides is 2. The van der Waals surface area contributed by atoms with Crippen molar-refractivity contribution < 1.29 is 9.21 Å². The molecule has 0 saturated heterocycles. The number of pyridine rings is 1. The van der Waals surface area contributed by atoms with Crippen molar-refractivity contribution in [3.05, 3.63) is 60.7 Å². The van der Waals surface area contributed by atoms with Crippen LogP contribution in [0.2, 0.25) is 0 Å². The third-order valence-corrected chi connectivity index (χ3v) is 2.91. The van der Waals surface area contributed by atoms with Crippen LogP contribution >= 0.6 is 0 Å². The summed E-state index contributed by atoms with van der Waals surface area (Å²) in [6, 6.07) is 11.0. The number of nitrogens with zero attached hydrogens (tertiary/aromatic N) is 1. The summed E-state index contributed by atoms with van der Waals surface area (Å²) in [5.41, 5.74) is 2.37. The van der Waals surface area contributed by atoms with E-state index in [4.69, 9.17) is 4.42 Å². The number of benzene rings is 1. The van der Waals surface area contributed by atoms with Gasteiger partial charge in [0, 0.05) is 23.7 Å². The number of nitrogens with one attached hydrogen (secondary N) is 2. The fourth-order valence-electron chi connectivity index (χ4n) is 1.95. The van der Waals surface area contributed by atoms with E-state index in [1.807, 2.05) is 30.3 Å². The van der Waals surface area contributed by atoms with Crippen LogP contribution in [0.3, 0.4) is 0 Å². The summed E-state index contributed by atoms with van der Waals surface area (Å²) in [7, 11) is 0. The minimum atomic E-state index is -0.274. The number of fused-ring (bicyclic) bond motifs is 1. The topological polar surface area (TPSA) is 67.2 Å². The lowest BCUT2D eigenvalue weighted by molar-refractivity contribution is 0.251. The van der Waals surface area contributed by atoms with Gasteiger partial charge < -0.3 is 15.1 Å². The number of carbonyl (C=O) groups is 1. The van der Waals surface area contributed by atoms with Crippen LogP contribution in [0.5, 0.6) is 0 Å². The number of urea groups is 1. The van der Waals surface area contributed by atoms with E-state index in [9.17, 15) is 4.79 Å². The Bertz CT molecular complexity index is 718. The Morgan fingerprint density at radius 3 is 2.95 bits per heavy atom. The van der Waals surface area contributed by atoms with E-state index in [2.05, 4.69) is 15.6 Å². The second-order valence-corrected chi connectivity index (χ2v) is 4.32. The van der Waals surface area contributed by atoms with Crippen molar-refractivity contribution in [2.75, 3.05) is 5.32 Å². The van der Waals surface area contributed by atoms with Gasteiger partial charge in [-0.15, -0.1) is 0 Å². The molecule has 0 atom stereocenters. The number of rotatable bonds is 3. The predicted octanol–water partition coefficient (Wildman–Crippen LogP) is 3.15. The molecule has 5 nitrogen and oxygen atoms in total. The van der Waals surface area contributed by atoms with Gasteiger partial charge in [-0.3, -0.25) is 4.98 Å². The molecule has 2 N–H and O–H groups in total. The van der Waals surface area contributed by atoms with E-state index in [1.165, 1.54) is 0 Å². The smallest absolute Gasteiger partial charge is 0.319 e. The molecule has 2 amide bonds. The first-order valence-corrected chi connectivity index (χ1v) is 6.22. The van der Waals surface area contributed by atoms with Crippen LogP contribution in [0.15, 0.2) is 59.5 Å². The molecule has 3 rings (SSSR count). The van der Waals surface area contributed by atoms with E-state index < -0.39 is 0 Å². The molecule has 2 aromatic heterocycles. The fraction of sp³-hybridized carbons (Fsp3) is 0.0667. The van der Waals surface area contributed by atoms with Gasteiger partial charge in [-0.25, -0.2) is 4.79 Å². The number of para-hydroxylation sites is 1. The molecule has 0 unspecified atom stereocenters. The molecule has 0 aliphatic heterocycles. The van der Waals surface area contributed by atoms with E-state index in [-0.39, 0.29) is 6.03 Å². The van der Waals surface area contributed by atoms with E-state index >= 15 is 0 Å². The van der Waals surface area contributed by atoms with Crippen molar-refractivity contribution in [1.29, 1.82) is 0 Å². The van der Waals surface area contributed by atoms with Crippen molar-refractivity contribution in [1.82, 2.24) is 10.3 Å². The summed E-state index contributed by atoms with van der Waals surface area (Å²) in [5, 5.41) is 6.55. The highest BCUT2D eigenvalue weighted by Gasteiger charge is 2.06. The van der Waals surface area contributed by atoms with Crippen LogP contribution in [0.4, 0.5) is 10.5 Å². The lowest BCUT2D eigenvalue weighted by atomic mass is 10.2. The summed E-state index contributed by atoms with van der Waals surface area (Å²) in [4.78, 5) is 16.2. The fourth-order valence-corrected chi connectivity index (χ4v) is 1.95. The van der Waals surface area contributed by atoms with E-state index in [0.717, 1.165) is 16.5 Å². The molecule has 0 radical (unpaired) electrons. The number of hydrogen-bond acceptors (Lipinski definition) is 3. The maximum atomic E-state index is 11.9. The molecule has 100 valence electrons. The Labute approximate surface area is 115 Å². The van der Waals surface area contributed by atoms with Crippen LogP contribution in [-0.2, 0) is 6.54 Å². The summed E-state index contributed by atoms with van der Waals surface area (Å²) >= 11 is 0. The average molecular weight is 267 g/mol. The lowest BCUT2D eigenvalue weighted by Gasteiger charge is -2.08. The van der Waals surface area contributed by atoms with E-state index in [0.29, 0.717) is 12.2 Å². The third-order valence-electron chi connectivity index (χ3n) is 2.91. The minimum absolute atomic E-state index is 0.274. The zero-order valence-corrected chi connectivity index (χ0v) is 10.7. The van der Waals surface area contributed by atoms with Crippen molar-refractivity contribution in [3.63, 3.8) is 0 Å². The zero-order valence-electron chi connectivity index (χ0n) is 10.7. The first-order valence-electron chi connectivity index (χ1n) is 6.22. The molecule has 2 heterocycles. The SMILES string of the molecule is O=C(NCc1ccoc1)Nc1cccc2cccnc12. The number of furan rings is 1. The summed E-state index contributed by atoms with van der Waals surface area (Å²) < 4.78 is 4.94. The van der Waals surface area contributed by atoms with Gasteiger partial charge in [0.25, 0.3) is 0 Å². The lowest BCUT2D eigenvalue weighted by Crippen LogP contribution is -2.28. The van der Waals surface area contributed by atoms with Crippen LogP contribution < -0.4 is 10.6 Å². The molecule has 0 spiro atoms. The van der Waals surface area contributed by atoms with Gasteiger partial charge in [0.2, 0.25) is 0 Å². The van der Waals surface area contributed by atoms with Gasteiger partial charge >= 0.3 is 6.03 Å². The monoisotopic (exact) mass is 267 g/mol. The summed E-state index contributed by atoms with van der Waals surface area (Å²) in [5.74, 6) is 0. The highest BCUT2D eigenvalue weighted by atomic mass is 16.3. The summed E-state index contributed by atoms with van der Waals surface area (Å²) in [6.45, 7) is 0.417. The molecule has 20 heavy (non-hydrogen) atoms. The second kappa shape index (κ2) is 5.44. The van der Waals surface area contributed by atoms with Crippen molar-refractivity contribution >= 4 is 22.6 Å². The van der Waals surface area contributed by atoms with Crippen LogP contribution in [0.25, 0.3) is 10.9 Å². The second-order valence-electron chi connectivity index (χ2n) is 4.32. The van der Waals surface area contributed by atoms with Crippen molar-refractivity contribution in [3.8, 4) is 0 Å². The first-order chi connectivity index (χ1) is 9.83. The third kappa shape index (κ3) is 2.61. The average Bonchev–Trinajstić information content (AvgIpc) is 2.99.